The number of rotatable bonds is 8. The van der Waals surface area contributed by atoms with Crippen LogP contribution in [0.2, 0.25) is 0 Å². The number of ether oxygens (including phenoxy) is 2. The maximum Gasteiger partial charge on any atom is 0.229 e. The van der Waals surface area contributed by atoms with Gasteiger partial charge in [0.05, 0.1) is 20.1 Å². The van der Waals surface area contributed by atoms with E-state index in [1.54, 1.807) is 19.2 Å². The first-order valence-corrected chi connectivity index (χ1v) is 8.45. The standard InChI is InChI=1S/C20H20N4O3/c1-26-16-9-7-15(8-10-16)21-18-11-12-19(24-23-18)22-20(25)13-14-27-17-5-3-2-4-6-17/h2-12H,13-14H2,1H3,(H,21,23)(H,22,24,25). The Morgan fingerprint density at radius 2 is 1.59 bits per heavy atom. The molecule has 0 bridgehead atoms. The van der Waals surface area contributed by atoms with Crippen LogP contribution >= 0.6 is 0 Å². The molecule has 0 spiro atoms. The number of benzene rings is 2. The first kappa shape index (κ1) is 18.2. The Kier molecular flexibility index (Phi) is 6.19. The molecule has 138 valence electrons. The van der Waals surface area contributed by atoms with Crippen molar-refractivity contribution in [3.05, 3.63) is 66.7 Å². The Hall–Kier alpha value is -3.61. The van der Waals surface area contributed by atoms with Crippen molar-refractivity contribution >= 4 is 23.2 Å². The molecule has 1 heterocycles. The van der Waals surface area contributed by atoms with Gasteiger partial charge in [0.25, 0.3) is 0 Å². The SMILES string of the molecule is COc1ccc(Nc2ccc(NC(=O)CCOc3ccccc3)nn2)cc1. The monoisotopic (exact) mass is 364 g/mol. The first-order valence-electron chi connectivity index (χ1n) is 8.45. The van der Waals surface area contributed by atoms with E-state index in [9.17, 15) is 4.79 Å². The Morgan fingerprint density at radius 1 is 0.889 bits per heavy atom. The third kappa shape index (κ3) is 5.71. The van der Waals surface area contributed by atoms with E-state index in [4.69, 9.17) is 9.47 Å². The molecular formula is C20H20N4O3. The number of nitrogens with one attached hydrogen (secondary N) is 2. The van der Waals surface area contributed by atoms with Gasteiger partial charge in [-0.25, -0.2) is 0 Å². The molecule has 2 aromatic carbocycles. The van der Waals surface area contributed by atoms with Crippen LogP contribution in [0.15, 0.2) is 66.7 Å². The van der Waals surface area contributed by atoms with E-state index in [2.05, 4.69) is 20.8 Å². The Labute approximate surface area is 157 Å². The van der Waals surface area contributed by atoms with Crippen molar-refractivity contribution in [2.75, 3.05) is 24.4 Å². The van der Waals surface area contributed by atoms with Gasteiger partial charge in [-0.1, -0.05) is 18.2 Å². The summed E-state index contributed by atoms with van der Waals surface area (Å²) in [4.78, 5) is 12.0. The fourth-order valence-electron chi connectivity index (χ4n) is 2.27. The maximum absolute atomic E-state index is 12.0. The normalized spacial score (nSPS) is 10.1. The van der Waals surface area contributed by atoms with Crippen molar-refractivity contribution in [3.63, 3.8) is 0 Å². The van der Waals surface area contributed by atoms with E-state index in [0.29, 0.717) is 18.2 Å². The minimum atomic E-state index is -0.184. The molecule has 7 heteroatoms. The number of carbonyl (C=O) groups is 1. The number of amides is 1. The predicted octanol–water partition coefficient (Wildman–Crippen LogP) is 3.64. The van der Waals surface area contributed by atoms with Gasteiger partial charge in [-0.15, -0.1) is 10.2 Å². The number of methoxy groups -OCH3 is 1. The second kappa shape index (κ2) is 9.19. The van der Waals surface area contributed by atoms with Crippen LogP contribution < -0.4 is 20.1 Å². The molecule has 1 amide bonds. The zero-order valence-corrected chi connectivity index (χ0v) is 14.9. The largest absolute Gasteiger partial charge is 0.497 e. The molecule has 0 atom stereocenters. The molecule has 2 N–H and O–H groups in total. The topological polar surface area (TPSA) is 85.4 Å². The van der Waals surface area contributed by atoms with Crippen LogP contribution in [-0.4, -0.2) is 29.8 Å². The van der Waals surface area contributed by atoms with Crippen molar-refractivity contribution < 1.29 is 14.3 Å². The third-order valence-electron chi connectivity index (χ3n) is 3.64. The van der Waals surface area contributed by atoms with Crippen molar-refractivity contribution in [1.82, 2.24) is 10.2 Å². The van der Waals surface area contributed by atoms with Gasteiger partial charge in [0.15, 0.2) is 11.6 Å². The van der Waals surface area contributed by atoms with Gasteiger partial charge in [-0.05, 0) is 48.5 Å². The van der Waals surface area contributed by atoms with Gasteiger partial charge in [0.2, 0.25) is 5.91 Å². The first-order chi connectivity index (χ1) is 13.2. The molecule has 7 nitrogen and oxygen atoms in total. The molecular weight excluding hydrogens is 344 g/mol. The predicted molar refractivity (Wildman–Crippen MR) is 103 cm³/mol. The van der Waals surface area contributed by atoms with Gasteiger partial charge in [0, 0.05) is 5.69 Å². The lowest BCUT2D eigenvalue weighted by Gasteiger charge is -2.08. The highest BCUT2D eigenvalue weighted by atomic mass is 16.5. The zero-order chi connectivity index (χ0) is 18.9. The van der Waals surface area contributed by atoms with Crippen LogP contribution in [0.25, 0.3) is 0 Å². The van der Waals surface area contributed by atoms with Gasteiger partial charge >= 0.3 is 0 Å². The zero-order valence-electron chi connectivity index (χ0n) is 14.9. The lowest BCUT2D eigenvalue weighted by molar-refractivity contribution is -0.116. The van der Waals surface area contributed by atoms with E-state index in [0.717, 1.165) is 17.2 Å². The maximum atomic E-state index is 12.0. The van der Waals surface area contributed by atoms with Crippen molar-refractivity contribution in [2.24, 2.45) is 0 Å². The quantitative estimate of drug-likeness (QED) is 0.635. The fraction of sp³-hybridized carbons (Fsp3) is 0.150. The Bertz CT molecular complexity index is 853. The molecule has 0 aliphatic carbocycles. The second-order valence-corrected chi connectivity index (χ2v) is 5.62. The highest BCUT2D eigenvalue weighted by Gasteiger charge is 2.05. The number of anilines is 3. The molecule has 0 aliphatic heterocycles. The summed E-state index contributed by atoms with van der Waals surface area (Å²) in [5.41, 5.74) is 0.861. The number of hydrogen-bond acceptors (Lipinski definition) is 6. The number of aromatic nitrogens is 2. The van der Waals surface area contributed by atoms with Crippen LogP contribution in [0.5, 0.6) is 11.5 Å². The lowest BCUT2D eigenvalue weighted by Crippen LogP contribution is -2.16. The molecule has 27 heavy (non-hydrogen) atoms. The summed E-state index contributed by atoms with van der Waals surface area (Å²) in [5.74, 6) is 2.29. The summed E-state index contributed by atoms with van der Waals surface area (Å²) in [6.45, 7) is 0.292. The second-order valence-electron chi connectivity index (χ2n) is 5.62. The van der Waals surface area contributed by atoms with Crippen LogP contribution in [0, 0.1) is 0 Å². The highest BCUT2D eigenvalue weighted by molar-refractivity contribution is 5.89. The van der Waals surface area contributed by atoms with E-state index < -0.39 is 0 Å². The number of para-hydroxylation sites is 1. The van der Waals surface area contributed by atoms with E-state index in [1.165, 1.54) is 0 Å². The average Bonchev–Trinajstić information content (AvgIpc) is 2.71. The van der Waals surface area contributed by atoms with Crippen LogP contribution in [0.1, 0.15) is 6.42 Å². The minimum Gasteiger partial charge on any atom is -0.497 e. The molecule has 0 aliphatic rings. The number of hydrogen-bond donors (Lipinski definition) is 2. The smallest absolute Gasteiger partial charge is 0.229 e. The average molecular weight is 364 g/mol. The molecule has 0 fully saturated rings. The molecule has 1 aromatic heterocycles. The lowest BCUT2D eigenvalue weighted by atomic mass is 10.3. The van der Waals surface area contributed by atoms with Gasteiger partial charge < -0.3 is 20.1 Å². The summed E-state index contributed by atoms with van der Waals surface area (Å²) in [6, 6.07) is 20.2. The Morgan fingerprint density at radius 3 is 2.26 bits per heavy atom. The van der Waals surface area contributed by atoms with Crippen molar-refractivity contribution in [1.29, 1.82) is 0 Å². The minimum absolute atomic E-state index is 0.184. The van der Waals surface area contributed by atoms with Crippen molar-refractivity contribution in [2.45, 2.75) is 6.42 Å². The van der Waals surface area contributed by atoms with Gasteiger partial charge in [-0.2, -0.15) is 0 Å². The summed E-state index contributed by atoms with van der Waals surface area (Å²) >= 11 is 0. The highest BCUT2D eigenvalue weighted by Crippen LogP contribution is 2.18. The molecule has 0 saturated carbocycles. The summed E-state index contributed by atoms with van der Waals surface area (Å²) in [6.07, 6.45) is 0.225. The molecule has 0 radical (unpaired) electrons. The van der Waals surface area contributed by atoms with Gasteiger partial charge in [0.1, 0.15) is 11.5 Å². The van der Waals surface area contributed by atoms with Crippen molar-refractivity contribution in [3.8, 4) is 11.5 Å². The number of nitrogens with zero attached hydrogens (tertiary/aromatic N) is 2. The van der Waals surface area contributed by atoms with Crippen LogP contribution in [-0.2, 0) is 4.79 Å². The molecule has 3 aromatic rings. The molecule has 0 unspecified atom stereocenters. The van der Waals surface area contributed by atoms with Crippen LogP contribution in [0.3, 0.4) is 0 Å². The summed E-state index contributed by atoms with van der Waals surface area (Å²) in [7, 11) is 1.62. The molecule has 3 rings (SSSR count). The fourth-order valence-corrected chi connectivity index (χ4v) is 2.27. The third-order valence-corrected chi connectivity index (χ3v) is 3.64. The summed E-state index contributed by atoms with van der Waals surface area (Å²) in [5, 5.41) is 13.9. The van der Waals surface area contributed by atoms with E-state index >= 15 is 0 Å². The number of carbonyl (C=O) groups excluding carboxylic acids is 1. The van der Waals surface area contributed by atoms with E-state index in [1.807, 2.05) is 54.6 Å². The van der Waals surface area contributed by atoms with Gasteiger partial charge in [-0.3, -0.25) is 4.79 Å². The van der Waals surface area contributed by atoms with Crippen LogP contribution in [0.4, 0.5) is 17.3 Å². The van der Waals surface area contributed by atoms with E-state index in [-0.39, 0.29) is 12.3 Å². The Balaban J connectivity index is 1.45. The molecule has 0 saturated heterocycles. The summed E-state index contributed by atoms with van der Waals surface area (Å²) < 4.78 is 10.6.